The van der Waals surface area contributed by atoms with Crippen molar-refractivity contribution in [2.75, 3.05) is 13.2 Å². The molecule has 8 aliphatic carbocycles. The van der Waals surface area contributed by atoms with Gasteiger partial charge in [0, 0.05) is 6.92 Å². The van der Waals surface area contributed by atoms with Gasteiger partial charge in [0.05, 0.1) is 11.7 Å². The van der Waals surface area contributed by atoms with Gasteiger partial charge in [0.15, 0.2) is 0 Å². The molecule has 0 amide bonds. The largest absolute Gasteiger partial charge is 0.457 e. The number of rotatable bonds is 8. The molecular formula is C27H40F2O4. The second kappa shape index (κ2) is 7.88. The molecule has 0 radical (unpaired) electrons. The van der Waals surface area contributed by atoms with E-state index in [1.807, 2.05) is 0 Å². The summed E-state index contributed by atoms with van der Waals surface area (Å²) >= 11 is 0. The van der Waals surface area contributed by atoms with Crippen molar-refractivity contribution in [3.8, 4) is 0 Å². The lowest BCUT2D eigenvalue weighted by atomic mass is 9.49. The van der Waals surface area contributed by atoms with Gasteiger partial charge in [0.2, 0.25) is 0 Å². The Morgan fingerprint density at radius 2 is 1.52 bits per heavy atom. The molecule has 0 saturated heterocycles. The van der Waals surface area contributed by atoms with Crippen LogP contribution in [0.15, 0.2) is 0 Å². The van der Waals surface area contributed by atoms with Gasteiger partial charge < -0.3 is 14.2 Å². The molecule has 6 heteroatoms. The minimum Gasteiger partial charge on any atom is -0.457 e. The first-order valence-electron chi connectivity index (χ1n) is 13.5. The number of halogens is 2. The number of carbonyl (C=O) groups excluding carboxylic acids is 1. The summed E-state index contributed by atoms with van der Waals surface area (Å²) < 4.78 is 45.3. The van der Waals surface area contributed by atoms with E-state index in [9.17, 15) is 13.6 Å². The summed E-state index contributed by atoms with van der Waals surface area (Å²) in [6, 6.07) is 0. The van der Waals surface area contributed by atoms with E-state index in [2.05, 4.69) is 6.92 Å². The SMILES string of the molecule is CCC1(OC(=O)COC23CC4CC(C2)C(OCC(C)(F)F)C(C4)C3)C2CC3CC(C2)CC1C3. The monoisotopic (exact) mass is 466 g/mol. The van der Waals surface area contributed by atoms with Crippen LogP contribution in [0.2, 0.25) is 0 Å². The van der Waals surface area contributed by atoms with E-state index in [1.54, 1.807) is 0 Å². The van der Waals surface area contributed by atoms with E-state index in [-0.39, 0.29) is 41.7 Å². The molecule has 0 N–H and O–H groups in total. The number of ether oxygens (including phenoxy) is 3. The molecule has 0 heterocycles. The smallest absolute Gasteiger partial charge is 0.332 e. The zero-order valence-corrected chi connectivity index (χ0v) is 20.2. The van der Waals surface area contributed by atoms with Crippen LogP contribution in [0.4, 0.5) is 8.78 Å². The highest BCUT2D eigenvalue weighted by atomic mass is 19.3. The number of esters is 1. The average Bonchev–Trinajstić information content (AvgIpc) is 2.73. The number of alkyl halides is 2. The third kappa shape index (κ3) is 3.95. The van der Waals surface area contributed by atoms with Crippen molar-refractivity contribution in [2.24, 2.45) is 41.4 Å². The quantitative estimate of drug-likeness (QED) is 0.426. The summed E-state index contributed by atoms with van der Waals surface area (Å²) in [7, 11) is 0. The first-order valence-corrected chi connectivity index (χ1v) is 13.5. The molecular weight excluding hydrogens is 426 g/mol. The van der Waals surface area contributed by atoms with Gasteiger partial charge in [-0.25, -0.2) is 13.6 Å². The van der Waals surface area contributed by atoms with E-state index < -0.39 is 12.5 Å². The minimum atomic E-state index is -2.79. The highest BCUT2D eigenvalue weighted by Crippen LogP contribution is 2.61. The molecule has 33 heavy (non-hydrogen) atoms. The fourth-order valence-electron chi connectivity index (χ4n) is 9.85. The molecule has 8 fully saturated rings. The van der Waals surface area contributed by atoms with E-state index in [4.69, 9.17) is 14.2 Å². The predicted octanol–water partition coefficient (Wildman–Crippen LogP) is 5.77. The predicted molar refractivity (Wildman–Crippen MR) is 119 cm³/mol. The highest BCUT2D eigenvalue weighted by molar-refractivity contribution is 5.71. The first kappa shape index (κ1) is 22.7. The van der Waals surface area contributed by atoms with E-state index in [1.165, 1.54) is 32.1 Å². The summed E-state index contributed by atoms with van der Waals surface area (Å²) in [5.41, 5.74) is -0.576. The van der Waals surface area contributed by atoms with Gasteiger partial charge in [-0.3, -0.25) is 0 Å². The molecule has 8 rings (SSSR count). The lowest BCUT2D eigenvalue weighted by Crippen LogP contribution is -2.60. The molecule has 0 aliphatic heterocycles. The standard InChI is InChI=1S/C27H40F2O4/c1-3-27(21-7-16-4-17(9-21)10-22(27)8-16)33-23(30)14-32-26-11-18-5-19(12-26)24(20(6-18)13-26)31-15-25(2,28)29/h16-22,24H,3-15H2,1-2H3. The lowest BCUT2D eigenvalue weighted by Gasteiger charge is -2.60. The first-order chi connectivity index (χ1) is 15.7. The maximum atomic E-state index is 13.4. The third-order valence-electron chi connectivity index (χ3n) is 10.5. The van der Waals surface area contributed by atoms with Crippen molar-refractivity contribution in [1.29, 1.82) is 0 Å². The lowest BCUT2D eigenvalue weighted by molar-refractivity contribution is -0.237. The Kier molecular flexibility index (Phi) is 5.42. The van der Waals surface area contributed by atoms with Crippen LogP contribution in [0, 0.1) is 41.4 Å². The Labute approximate surface area is 196 Å². The van der Waals surface area contributed by atoms with Crippen molar-refractivity contribution < 1.29 is 27.8 Å². The van der Waals surface area contributed by atoms with Crippen molar-refractivity contribution in [3.05, 3.63) is 0 Å². The minimum absolute atomic E-state index is 0.0265. The molecule has 8 saturated carbocycles. The maximum Gasteiger partial charge on any atom is 0.332 e. The fourth-order valence-corrected chi connectivity index (χ4v) is 9.85. The van der Waals surface area contributed by atoms with E-state index in [0.29, 0.717) is 17.8 Å². The number of hydrogen-bond donors (Lipinski definition) is 0. The van der Waals surface area contributed by atoms with Gasteiger partial charge in [0.1, 0.15) is 18.8 Å². The van der Waals surface area contributed by atoms with Crippen LogP contribution in [-0.4, -0.2) is 42.4 Å². The normalized spacial score (nSPS) is 49.6. The van der Waals surface area contributed by atoms with Crippen molar-refractivity contribution in [3.63, 3.8) is 0 Å². The topological polar surface area (TPSA) is 44.8 Å². The van der Waals surface area contributed by atoms with Gasteiger partial charge in [0.25, 0.3) is 5.92 Å². The van der Waals surface area contributed by atoms with Crippen LogP contribution in [0.5, 0.6) is 0 Å². The summed E-state index contributed by atoms with van der Waals surface area (Å²) in [4.78, 5) is 13.1. The average molecular weight is 467 g/mol. The molecule has 0 aromatic rings. The third-order valence-corrected chi connectivity index (χ3v) is 10.5. The zero-order chi connectivity index (χ0) is 23.0. The molecule has 8 aliphatic rings. The van der Waals surface area contributed by atoms with Crippen LogP contribution in [0.25, 0.3) is 0 Å². The second-order valence-electron chi connectivity index (χ2n) is 12.9. The van der Waals surface area contributed by atoms with Gasteiger partial charge in [-0.15, -0.1) is 0 Å². The Balaban J connectivity index is 1.08. The molecule has 8 bridgehead atoms. The molecule has 4 nitrogen and oxygen atoms in total. The van der Waals surface area contributed by atoms with E-state index >= 15 is 0 Å². The van der Waals surface area contributed by atoms with E-state index in [0.717, 1.165) is 57.3 Å². The summed E-state index contributed by atoms with van der Waals surface area (Å²) in [6.45, 7) is 2.64. The second-order valence-corrected chi connectivity index (χ2v) is 12.9. The molecule has 0 aromatic carbocycles. The highest BCUT2D eigenvalue weighted by Gasteiger charge is 2.59. The van der Waals surface area contributed by atoms with Gasteiger partial charge >= 0.3 is 5.97 Å². The van der Waals surface area contributed by atoms with Gasteiger partial charge in [-0.2, -0.15) is 0 Å². The Morgan fingerprint density at radius 3 is 2.06 bits per heavy atom. The van der Waals surface area contributed by atoms with Crippen LogP contribution >= 0.6 is 0 Å². The molecule has 0 spiro atoms. The van der Waals surface area contributed by atoms with Gasteiger partial charge in [-0.05, 0) is 112 Å². The number of hydrogen-bond acceptors (Lipinski definition) is 4. The van der Waals surface area contributed by atoms with Crippen molar-refractivity contribution in [1.82, 2.24) is 0 Å². The molecule has 186 valence electrons. The van der Waals surface area contributed by atoms with Crippen LogP contribution in [0.3, 0.4) is 0 Å². The molecule has 2 unspecified atom stereocenters. The van der Waals surface area contributed by atoms with Crippen LogP contribution in [0.1, 0.15) is 84.5 Å². The van der Waals surface area contributed by atoms with Crippen LogP contribution < -0.4 is 0 Å². The zero-order valence-electron chi connectivity index (χ0n) is 20.2. The fraction of sp³-hybridized carbons (Fsp3) is 0.963. The maximum absolute atomic E-state index is 13.4. The number of carbonyl (C=O) groups is 1. The summed E-state index contributed by atoms with van der Waals surface area (Å²) in [6.07, 6.45) is 11.8. The Morgan fingerprint density at radius 1 is 0.909 bits per heavy atom. The summed E-state index contributed by atoms with van der Waals surface area (Å²) in [5, 5.41) is 0. The molecule has 2 atom stereocenters. The van der Waals surface area contributed by atoms with Crippen molar-refractivity contribution in [2.45, 2.75) is 108 Å². The molecule has 0 aromatic heterocycles. The Hall–Kier alpha value is -0.750. The Bertz CT molecular complexity index is 733. The van der Waals surface area contributed by atoms with Crippen LogP contribution in [-0.2, 0) is 19.0 Å². The van der Waals surface area contributed by atoms with Gasteiger partial charge in [-0.1, -0.05) is 6.92 Å². The van der Waals surface area contributed by atoms with Crippen molar-refractivity contribution >= 4 is 5.97 Å². The summed E-state index contributed by atoms with van der Waals surface area (Å²) in [5.74, 6) is 0.842.